The zero-order valence-corrected chi connectivity index (χ0v) is 14.5. The van der Waals surface area contributed by atoms with E-state index in [9.17, 15) is 14.4 Å². The van der Waals surface area contributed by atoms with Crippen LogP contribution in [0.5, 0.6) is 0 Å². The van der Waals surface area contributed by atoms with Gasteiger partial charge in [0.25, 0.3) is 0 Å². The van der Waals surface area contributed by atoms with E-state index in [0.717, 1.165) is 0 Å². The third-order valence-corrected chi connectivity index (χ3v) is 6.24. The Morgan fingerprint density at radius 2 is 2.25 bits per heavy atom. The summed E-state index contributed by atoms with van der Waals surface area (Å²) >= 11 is 1.47. The highest BCUT2D eigenvalue weighted by Gasteiger charge is 2.75. The zero-order chi connectivity index (χ0) is 17.7. The van der Waals surface area contributed by atoms with E-state index in [2.05, 4.69) is 17.1 Å². The Hall–Kier alpha value is -2.03. The highest BCUT2D eigenvalue weighted by atomic mass is 32.2. The molecule has 0 bridgehead atoms. The lowest BCUT2D eigenvalue weighted by Gasteiger charge is -2.50. The van der Waals surface area contributed by atoms with Crippen LogP contribution in [0, 0.1) is 5.41 Å². The second-order valence-corrected chi connectivity index (χ2v) is 8.10. The van der Waals surface area contributed by atoms with Crippen molar-refractivity contribution in [2.75, 3.05) is 20.3 Å². The number of ether oxygens (including phenoxy) is 2. The van der Waals surface area contributed by atoms with Crippen molar-refractivity contribution in [1.82, 2.24) is 10.3 Å². The summed E-state index contributed by atoms with van der Waals surface area (Å²) in [5, 5.41) is 3.60. The normalized spacial score (nSPS) is 32.5. The van der Waals surface area contributed by atoms with Gasteiger partial charge in [0, 0.05) is 4.75 Å². The summed E-state index contributed by atoms with van der Waals surface area (Å²) in [6.07, 6.45) is 1.48. The molecule has 0 aromatic heterocycles. The van der Waals surface area contributed by atoms with Gasteiger partial charge >= 0.3 is 11.9 Å². The molecule has 3 aliphatic heterocycles. The number of nitrogens with zero attached hydrogens (tertiary/aromatic N) is 2. The number of rotatable bonds is 4. The van der Waals surface area contributed by atoms with E-state index < -0.39 is 28.1 Å². The van der Waals surface area contributed by atoms with Gasteiger partial charge in [-0.1, -0.05) is 12.7 Å². The molecule has 24 heavy (non-hydrogen) atoms. The summed E-state index contributed by atoms with van der Waals surface area (Å²) < 4.78 is 9.36. The minimum atomic E-state index is -1.08. The number of carbonyl (C=O) groups excluding carboxylic acids is 3. The molecule has 1 N–H and O–H groups in total. The number of methoxy groups -OCH3 is 1. The van der Waals surface area contributed by atoms with Gasteiger partial charge < -0.3 is 19.8 Å². The lowest BCUT2D eigenvalue weighted by atomic mass is 9.73. The standard InChI is InChI=1S/C15H19N3O5S/c1-5-6-23-11(20)9-14(2,3)24-13-15(12(21)18(9)13)7-16-17-8(15)10(19)22-4/h5,9,13,16H,1,6-7H2,2-4H3/t9-,13+,15+/m0/s1. The maximum atomic E-state index is 12.9. The summed E-state index contributed by atoms with van der Waals surface area (Å²) in [5.74, 6) is -1.41. The number of carbonyl (C=O) groups is 3. The average molecular weight is 353 g/mol. The molecule has 3 atom stereocenters. The van der Waals surface area contributed by atoms with Crippen molar-refractivity contribution in [2.24, 2.45) is 10.5 Å². The van der Waals surface area contributed by atoms with Gasteiger partial charge in [-0.3, -0.25) is 4.79 Å². The molecular formula is C15H19N3O5S. The topological polar surface area (TPSA) is 97.3 Å². The highest BCUT2D eigenvalue weighted by Crippen LogP contribution is 2.59. The molecule has 1 amide bonds. The third kappa shape index (κ3) is 2.00. The van der Waals surface area contributed by atoms with Crippen molar-refractivity contribution >= 4 is 35.3 Å². The molecule has 2 saturated heterocycles. The van der Waals surface area contributed by atoms with Crippen LogP contribution in [-0.2, 0) is 23.9 Å². The summed E-state index contributed by atoms with van der Waals surface area (Å²) in [5.41, 5.74) is 1.71. The first kappa shape index (κ1) is 16.8. The summed E-state index contributed by atoms with van der Waals surface area (Å²) in [7, 11) is 1.25. The Kier molecular flexibility index (Phi) is 3.86. The monoisotopic (exact) mass is 353 g/mol. The smallest absolute Gasteiger partial charge is 0.355 e. The number of nitrogens with one attached hydrogen (secondary N) is 1. The van der Waals surface area contributed by atoms with Crippen LogP contribution < -0.4 is 5.43 Å². The van der Waals surface area contributed by atoms with E-state index in [4.69, 9.17) is 9.47 Å². The van der Waals surface area contributed by atoms with E-state index in [-0.39, 0.29) is 30.1 Å². The van der Waals surface area contributed by atoms with E-state index in [0.29, 0.717) is 0 Å². The first-order valence-corrected chi connectivity index (χ1v) is 8.36. The van der Waals surface area contributed by atoms with Crippen LogP contribution in [0.15, 0.2) is 17.8 Å². The maximum Gasteiger partial charge on any atom is 0.355 e. The number of thioether (sulfide) groups is 1. The Bertz CT molecular complexity index is 661. The molecule has 0 aromatic carbocycles. The predicted octanol–water partition coefficient (Wildman–Crippen LogP) is -0.103. The number of hydrogen-bond donors (Lipinski definition) is 1. The number of esters is 2. The van der Waals surface area contributed by atoms with Gasteiger partial charge in [-0.2, -0.15) is 5.10 Å². The van der Waals surface area contributed by atoms with Crippen LogP contribution in [-0.4, -0.2) is 64.9 Å². The van der Waals surface area contributed by atoms with Crippen LogP contribution in [0.4, 0.5) is 0 Å². The first-order chi connectivity index (χ1) is 11.3. The van der Waals surface area contributed by atoms with Gasteiger partial charge in [-0.05, 0) is 13.8 Å². The number of hydrazone groups is 1. The fraction of sp³-hybridized carbons (Fsp3) is 0.600. The molecule has 8 nitrogen and oxygen atoms in total. The Morgan fingerprint density at radius 3 is 2.88 bits per heavy atom. The van der Waals surface area contributed by atoms with Crippen LogP contribution in [0.1, 0.15) is 13.8 Å². The average Bonchev–Trinajstić information content (AvgIpc) is 3.11. The minimum absolute atomic E-state index is 0.0691. The molecule has 2 fully saturated rings. The van der Waals surface area contributed by atoms with Crippen LogP contribution >= 0.6 is 11.8 Å². The van der Waals surface area contributed by atoms with E-state index in [1.165, 1.54) is 29.8 Å². The highest BCUT2D eigenvalue weighted by molar-refractivity contribution is 8.01. The molecule has 1 spiro atoms. The fourth-order valence-electron chi connectivity index (χ4n) is 3.46. The molecule has 9 heteroatoms. The zero-order valence-electron chi connectivity index (χ0n) is 13.7. The minimum Gasteiger partial charge on any atom is -0.464 e. The van der Waals surface area contributed by atoms with Gasteiger partial charge in [-0.15, -0.1) is 11.8 Å². The maximum absolute atomic E-state index is 12.9. The van der Waals surface area contributed by atoms with E-state index in [1.54, 1.807) is 0 Å². The molecule has 130 valence electrons. The molecule has 0 saturated carbocycles. The first-order valence-electron chi connectivity index (χ1n) is 7.48. The Balaban J connectivity index is 1.92. The second kappa shape index (κ2) is 5.51. The molecule has 3 heterocycles. The molecule has 0 radical (unpaired) electrons. The summed E-state index contributed by atoms with van der Waals surface area (Å²) in [4.78, 5) is 38.8. The van der Waals surface area contributed by atoms with Gasteiger partial charge in [0.1, 0.15) is 23.4 Å². The van der Waals surface area contributed by atoms with Gasteiger partial charge in [-0.25, -0.2) is 9.59 Å². The second-order valence-electron chi connectivity index (χ2n) is 6.37. The molecule has 3 rings (SSSR count). The molecule has 0 aromatic rings. The lowest BCUT2D eigenvalue weighted by Crippen LogP contribution is -2.73. The van der Waals surface area contributed by atoms with Crippen molar-refractivity contribution in [1.29, 1.82) is 0 Å². The van der Waals surface area contributed by atoms with Crippen molar-refractivity contribution in [2.45, 2.75) is 30.0 Å². The van der Waals surface area contributed by atoms with Crippen molar-refractivity contribution in [3.8, 4) is 0 Å². The van der Waals surface area contributed by atoms with Crippen LogP contribution in [0.25, 0.3) is 0 Å². The summed E-state index contributed by atoms with van der Waals surface area (Å²) in [6.45, 7) is 7.59. The van der Waals surface area contributed by atoms with Gasteiger partial charge in [0.2, 0.25) is 5.91 Å². The SMILES string of the molecule is C=CCOC(=O)[C@@H]1N2C(=O)[C@]3(CNN=C3C(=O)OC)[C@H]2SC1(C)C. The number of β-lactam (4-membered cyclic amide) rings is 1. The molecular weight excluding hydrogens is 334 g/mol. The lowest BCUT2D eigenvalue weighted by molar-refractivity contribution is -0.169. The number of amides is 1. The Morgan fingerprint density at radius 1 is 1.54 bits per heavy atom. The molecule has 3 aliphatic rings. The molecule has 0 unspecified atom stereocenters. The number of hydrogen-bond acceptors (Lipinski definition) is 8. The van der Waals surface area contributed by atoms with Crippen LogP contribution in [0.3, 0.4) is 0 Å². The molecule has 0 aliphatic carbocycles. The quantitative estimate of drug-likeness (QED) is 0.428. The van der Waals surface area contributed by atoms with Crippen molar-refractivity contribution in [3.05, 3.63) is 12.7 Å². The van der Waals surface area contributed by atoms with Crippen molar-refractivity contribution in [3.63, 3.8) is 0 Å². The van der Waals surface area contributed by atoms with Gasteiger partial charge in [0.05, 0.1) is 13.7 Å². The largest absolute Gasteiger partial charge is 0.464 e. The van der Waals surface area contributed by atoms with Gasteiger partial charge in [0.15, 0.2) is 5.71 Å². The summed E-state index contributed by atoms with van der Waals surface area (Å²) in [6, 6.07) is -0.718. The van der Waals surface area contributed by atoms with Crippen LogP contribution in [0.2, 0.25) is 0 Å². The van der Waals surface area contributed by atoms with E-state index >= 15 is 0 Å². The van der Waals surface area contributed by atoms with Crippen molar-refractivity contribution < 1.29 is 23.9 Å². The number of fused-ring (bicyclic) bond motifs is 2. The predicted molar refractivity (Wildman–Crippen MR) is 87.1 cm³/mol. The fourth-order valence-corrected chi connectivity index (χ4v) is 5.20. The van der Waals surface area contributed by atoms with E-state index in [1.807, 2.05) is 13.8 Å². The third-order valence-electron chi connectivity index (χ3n) is 4.56. The Labute approximate surface area is 143 Å².